The number of carbonyl (C=O) groups excluding carboxylic acids is 1. The molecule has 4 nitrogen and oxygen atoms in total. The molecule has 1 heterocycles. The number of pyridine rings is 1. The molecule has 1 aromatic carbocycles. The molecular weight excluding hydrogens is 296 g/mol. The first-order valence-corrected chi connectivity index (χ1v) is 8.28. The Hall–Kier alpha value is -2.01. The van der Waals surface area contributed by atoms with E-state index in [1.54, 1.807) is 6.20 Å². The van der Waals surface area contributed by atoms with Crippen molar-refractivity contribution in [3.8, 4) is 5.75 Å². The van der Waals surface area contributed by atoms with Gasteiger partial charge < -0.3 is 10.1 Å². The van der Waals surface area contributed by atoms with E-state index in [0.717, 1.165) is 22.8 Å². The van der Waals surface area contributed by atoms with Crippen LogP contribution in [-0.4, -0.2) is 29.8 Å². The minimum Gasteiger partial charge on any atom is -0.494 e. The topological polar surface area (TPSA) is 51.2 Å². The van der Waals surface area contributed by atoms with Crippen LogP contribution in [-0.2, 0) is 11.2 Å². The molecule has 0 aliphatic heterocycles. The fraction of sp³-hybridized carbons (Fsp3) is 0.294. The van der Waals surface area contributed by atoms with E-state index in [2.05, 4.69) is 10.3 Å². The molecule has 0 saturated heterocycles. The number of hydrogen-bond acceptors (Lipinski definition) is 4. The monoisotopic (exact) mass is 316 g/mol. The molecule has 2 aromatic rings. The standard InChI is InChI=1S/C17H20N2O2S/c1-2-21-15-6-8-16(9-7-15)22-13-17(20)19-12-10-14-5-3-4-11-18-14/h3-9,11H,2,10,12-13H2,1H3,(H,19,20). The molecule has 0 radical (unpaired) electrons. The number of amides is 1. The smallest absolute Gasteiger partial charge is 0.230 e. The van der Waals surface area contributed by atoms with Crippen LogP contribution in [0, 0.1) is 0 Å². The fourth-order valence-electron chi connectivity index (χ4n) is 1.87. The summed E-state index contributed by atoms with van der Waals surface area (Å²) in [6, 6.07) is 13.6. The highest BCUT2D eigenvalue weighted by molar-refractivity contribution is 8.00. The van der Waals surface area contributed by atoms with Gasteiger partial charge in [-0.1, -0.05) is 6.07 Å². The maximum Gasteiger partial charge on any atom is 0.230 e. The highest BCUT2D eigenvalue weighted by Crippen LogP contribution is 2.21. The van der Waals surface area contributed by atoms with Crippen molar-refractivity contribution in [2.45, 2.75) is 18.2 Å². The number of ether oxygens (including phenoxy) is 1. The zero-order chi connectivity index (χ0) is 15.6. The second-order valence-electron chi connectivity index (χ2n) is 4.61. The Bertz CT molecular complexity index is 573. The number of rotatable bonds is 8. The number of nitrogens with one attached hydrogen (secondary N) is 1. The first-order chi connectivity index (χ1) is 10.8. The number of benzene rings is 1. The van der Waals surface area contributed by atoms with Gasteiger partial charge >= 0.3 is 0 Å². The highest BCUT2D eigenvalue weighted by atomic mass is 32.2. The third kappa shape index (κ3) is 5.77. The maximum absolute atomic E-state index is 11.8. The lowest BCUT2D eigenvalue weighted by molar-refractivity contribution is -0.118. The van der Waals surface area contributed by atoms with Gasteiger partial charge in [-0.05, 0) is 43.3 Å². The summed E-state index contributed by atoms with van der Waals surface area (Å²) in [4.78, 5) is 17.1. The van der Waals surface area contributed by atoms with Crippen molar-refractivity contribution in [2.24, 2.45) is 0 Å². The van der Waals surface area contributed by atoms with Crippen LogP contribution < -0.4 is 10.1 Å². The van der Waals surface area contributed by atoms with Gasteiger partial charge in [-0.3, -0.25) is 9.78 Å². The van der Waals surface area contributed by atoms with Crippen molar-refractivity contribution >= 4 is 17.7 Å². The second-order valence-corrected chi connectivity index (χ2v) is 5.66. The summed E-state index contributed by atoms with van der Waals surface area (Å²) >= 11 is 1.52. The summed E-state index contributed by atoms with van der Waals surface area (Å²) in [7, 11) is 0. The Morgan fingerprint density at radius 3 is 2.73 bits per heavy atom. The molecule has 0 unspecified atom stereocenters. The molecule has 0 aliphatic rings. The summed E-state index contributed by atoms with van der Waals surface area (Å²) < 4.78 is 5.39. The van der Waals surface area contributed by atoms with Crippen LogP contribution in [0.5, 0.6) is 5.75 Å². The van der Waals surface area contributed by atoms with E-state index in [1.165, 1.54) is 11.8 Å². The zero-order valence-corrected chi connectivity index (χ0v) is 13.4. The number of aromatic nitrogens is 1. The van der Waals surface area contributed by atoms with Gasteiger partial charge in [0.1, 0.15) is 5.75 Å². The van der Waals surface area contributed by atoms with E-state index in [4.69, 9.17) is 4.74 Å². The molecule has 0 spiro atoms. The molecule has 0 bridgehead atoms. The Balaban J connectivity index is 1.67. The Kier molecular flexibility index (Phi) is 6.77. The van der Waals surface area contributed by atoms with Crippen LogP contribution >= 0.6 is 11.8 Å². The molecule has 116 valence electrons. The average molecular weight is 316 g/mol. The quantitative estimate of drug-likeness (QED) is 0.761. The summed E-state index contributed by atoms with van der Waals surface area (Å²) in [5.74, 6) is 1.30. The maximum atomic E-state index is 11.8. The largest absolute Gasteiger partial charge is 0.494 e. The van der Waals surface area contributed by atoms with E-state index >= 15 is 0 Å². The van der Waals surface area contributed by atoms with Crippen LogP contribution in [0.4, 0.5) is 0 Å². The first-order valence-electron chi connectivity index (χ1n) is 7.30. The number of hydrogen-bond donors (Lipinski definition) is 1. The van der Waals surface area contributed by atoms with Gasteiger partial charge in [-0.15, -0.1) is 11.8 Å². The lowest BCUT2D eigenvalue weighted by Gasteiger charge is -2.06. The van der Waals surface area contributed by atoms with Gasteiger partial charge in [0.15, 0.2) is 0 Å². The van der Waals surface area contributed by atoms with Crippen molar-refractivity contribution < 1.29 is 9.53 Å². The second kappa shape index (κ2) is 9.10. The molecule has 2 rings (SSSR count). The van der Waals surface area contributed by atoms with Gasteiger partial charge in [0.2, 0.25) is 5.91 Å². The zero-order valence-electron chi connectivity index (χ0n) is 12.6. The number of nitrogens with zero attached hydrogens (tertiary/aromatic N) is 1. The van der Waals surface area contributed by atoms with E-state index in [-0.39, 0.29) is 5.91 Å². The van der Waals surface area contributed by atoms with Gasteiger partial charge in [-0.2, -0.15) is 0 Å². The number of thioether (sulfide) groups is 1. The summed E-state index contributed by atoms with van der Waals surface area (Å²) in [5.41, 5.74) is 0.988. The van der Waals surface area contributed by atoms with Crippen molar-refractivity contribution in [3.63, 3.8) is 0 Å². The third-order valence-corrected chi connectivity index (χ3v) is 3.95. The van der Waals surface area contributed by atoms with Gasteiger partial charge in [0.05, 0.1) is 12.4 Å². The fourth-order valence-corrected chi connectivity index (χ4v) is 2.60. The van der Waals surface area contributed by atoms with Crippen LogP contribution in [0.15, 0.2) is 53.6 Å². The number of carbonyl (C=O) groups is 1. The molecule has 22 heavy (non-hydrogen) atoms. The lowest BCUT2D eigenvalue weighted by Crippen LogP contribution is -2.27. The highest BCUT2D eigenvalue weighted by Gasteiger charge is 2.03. The average Bonchev–Trinajstić information content (AvgIpc) is 2.55. The van der Waals surface area contributed by atoms with Crippen LogP contribution in [0.3, 0.4) is 0 Å². The van der Waals surface area contributed by atoms with Crippen molar-refractivity contribution in [2.75, 3.05) is 18.9 Å². The summed E-state index contributed by atoms with van der Waals surface area (Å²) in [6.07, 6.45) is 2.51. The van der Waals surface area contributed by atoms with Crippen molar-refractivity contribution in [1.82, 2.24) is 10.3 Å². The molecule has 0 saturated carbocycles. The lowest BCUT2D eigenvalue weighted by atomic mass is 10.3. The summed E-state index contributed by atoms with van der Waals surface area (Å²) in [5, 5.41) is 2.91. The molecular formula is C17H20N2O2S. The SMILES string of the molecule is CCOc1ccc(SCC(=O)NCCc2ccccn2)cc1. The van der Waals surface area contributed by atoms with E-state index in [1.807, 2.05) is 49.4 Å². The molecule has 0 atom stereocenters. The minimum absolute atomic E-state index is 0.0369. The van der Waals surface area contributed by atoms with Gasteiger partial charge in [0.25, 0.3) is 0 Å². The van der Waals surface area contributed by atoms with E-state index in [0.29, 0.717) is 18.9 Å². The predicted octanol–water partition coefficient (Wildman–Crippen LogP) is 2.93. The van der Waals surface area contributed by atoms with E-state index in [9.17, 15) is 4.79 Å². The van der Waals surface area contributed by atoms with Crippen LogP contribution in [0.2, 0.25) is 0 Å². The summed E-state index contributed by atoms with van der Waals surface area (Å²) in [6.45, 7) is 3.23. The van der Waals surface area contributed by atoms with Gasteiger partial charge in [-0.25, -0.2) is 0 Å². The van der Waals surface area contributed by atoms with E-state index < -0.39 is 0 Å². The Morgan fingerprint density at radius 1 is 1.23 bits per heavy atom. The molecule has 1 N–H and O–H groups in total. The molecule has 5 heteroatoms. The van der Waals surface area contributed by atoms with Crippen molar-refractivity contribution in [1.29, 1.82) is 0 Å². The first kappa shape index (κ1) is 16.4. The van der Waals surface area contributed by atoms with Crippen LogP contribution in [0.1, 0.15) is 12.6 Å². The van der Waals surface area contributed by atoms with Crippen LogP contribution in [0.25, 0.3) is 0 Å². The Morgan fingerprint density at radius 2 is 2.05 bits per heavy atom. The Labute approximate surface area is 135 Å². The third-order valence-electron chi connectivity index (χ3n) is 2.93. The molecule has 1 amide bonds. The predicted molar refractivity (Wildman–Crippen MR) is 89.3 cm³/mol. The minimum atomic E-state index is 0.0369. The molecule has 0 aliphatic carbocycles. The normalized spacial score (nSPS) is 10.2. The van der Waals surface area contributed by atoms with Crippen molar-refractivity contribution in [3.05, 3.63) is 54.4 Å². The molecule has 1 aromatic heterocycles. The molecule has 0 fully saturated rings. The van der Waals surface area contributed by atoms with Gasteiger partial charge in [0, 0.05) is 29.8 Å².